The van der Waals surface area contributed by atoms with Gasteiger partial charge in [-0.05, 0) is 72.9 Å². The molecular weight excluding hydrogens is 366 g/mol. The minimum atomic E-state index is 0.502. The second-order valence-electron chi connectivity index (χ2n) is 7.29. The van der Waals surface area contributed by atoms with Gasteiger partial charge in [0.05, 0.1) is 0 Å². The van der Waals surface area contributed by atoms with Gasteiger partial charge in [-0.3, -0.25) is 0 Å². The molecule has 1 heterocycles. The normalized spacial score (nSPS) is 16.3. The van der Waals surface area contributed by atoms with Gasteiger partial charge in [-0.25, -0.2) is 0 Å². The Morgan fingerprint density at radius 1 is 1.21 bits per heavy atom. The zero-order valence-corrected chi connectivity index (χ0v) is 17.3. The average molecular weight is 396 g/mol. The second-order valence-corrected chi connectivity index (χ2v) is 7.70. The molecule has 1 fully saturated rings. The van der Waals surface area contributed by atoms with Gasteiger partial charge >= 0.3 is 0 Å². The minimum Gasteiger partial charge on any atom is -0.490 e. The van der Waals surface area contributed by atoms with Crippen LogP contribution in [0, 0.1) is 5.92 Å². The van der Waals surface area contributed by atoms with Crippen molar-refractivity contribution in [3.05, 3.63) is 66.7 Å². The van der Waals surface area contributed by atoms with Gasteiger partial charge in [0.15, 0.2) is 5.11 Å². The van der Waals surface area contributed by atoms with Crippen molar-refractivity contribution in [2.75, 3.05) is 29.9 Å². The summed E-state index contributed by atoms with van der Waals surface area (Å²) in [4.78, 5) is 2.49. The molecule has 2 aromatic carbocycles. The Balaban J connectivity index is 1.45. The fraction of sp³-hybridized carbons (Fsp3) is 0.348. The number of benzene rings is 2. The SMILES string of the molecule is C=CCOc1ccc(NC(=S)NCc2ccc(N3CCC[C@H](C)C3)cc2)cc1. The molecule has 0 radical (unpaired) electrons. The molecule has 2 aromatic rings. The van der Waals surface area contributed by atoms with Gasteiger partial charge in [0, 0.05) is 31.0 Å². The van der Waals surface area contributed by atoms with Crippen LogP contribution < -0.4 is 20.3 Å². The number of rotatable bonds is 7. The van der Waals surface area contributed by atoms with Crippen LogP contribution in [0.4, 0.5) is 11.4 Å². The van der Waals surface area contributed by atoms with Gasteiger partial charge < -0.3 is 20.3 Å². The van der Waals surface area contributed by atoms with Gasteiger partial charge in [0.2, 0.25) is 0 Å². The number of anilines is 2. The molecular formula is C23H29N3OS. The smallest absolute Gasteiger partial charge is 0.171 e. The molecule has 5 heteroatoms. The maximum atomic E-state index is 5.48. The Kier molecular flexibility index (Phi) is 7.31. The molecule has 28 heavy (non-hydrogen) atoms. The zero-order chi connectivity index (χ0) is 19.8. The van der Waals surface area contributed by atoms with E-state index >= 15 is 0 Å². The summed E-state index contributed by atoms with van der Waals surface area (Å²) >= 11 is 5.40. The van der Waals surface area contributed by atoms with E-state index in [-0.39, 0.29) is 0 Å². The first-order valence-corrected chi connectivity index (χ1v) is 10.3. The molecule has 1 aliphatic heterocycles. The van der Waals surface area contributed by atoms with Crippen molar-refractivity contribution in [3.63, 3.8) is 0 Å². The van der Waals surface area contributed by atoms with E-state index in [0.717, 1.165) is 30.4 Å². The molecule has 0 aromatic heterocycles. The molecule has 4 nitrogen and oxygen atoms in total. The van der Waals surface area contributed by atoms with Crippen LogP contribution in [0.1, 0.15) is 25.3 Å². The van der Waals surface area contributed by atoms with Gasteiger partial charge in [-0.2, -0.15) is 0 Å². The highest BCUT2D eigenvalue weighted by molar-refractivity contribution is 7.80. The van der Waals surface area contributed by atoms with Gasteiger partial charge in [0.25, 0.3) is 0 Å². The Labute approximate surface area is 173 Å². The van der Waals surface area contributed by atoms with Gasteiger partial charge in [-0.15, -0.1) is 0 Å². The summed E-state index contributed by atoms with van der Waals surface area (Å²) in [5, 5.41) is 7.07. The number of piperidine rings is 1. The fourth-order valence-electron chi connectivity index (χ4n) is 3.40. The third kappa shape index (κ3) is 5.99. The van der Waals surface area contributed by atoms with Crippen molar-refractivity contribution in [3.8, 4) is 5.75 Å². The standard InChI is InChI=1S/C23H29N3OS/c1-3-15-27-22-12-8-20(9-13-22)25-23(28)24-16-19-6-10-21(11-7-19)26-14-4-5-18(2)17-26/h3,6-13,18H,1,4-5,14-17H2,2H3,(H2,24,25,28)/t18-/m0/s1. The average Bonchev–Trinajstić information content (AvgIpc) is 2.72. The van der Waals surface area contributed by atoms with E-state index in [1.54, 1.807) is 6.08 Å². The van der Waals surface area contributed by atoms with Crippen LogP contribution in [0.5, 0.6) is 5.75 Å². The first-order chi connectivity index (χ1) is 13.6. The molecule has 0 bridgehead atoms. The molecule has 2 N–H and O–H groups in total. The Hall–Kier alpha value is -2.53. The summed E-state index contributed by atoms with van der Waals surface area (Å²) in [6.07, 6.45) is 4.35. The summed E-state index contributed by atoms with van der Waals surface area (Å²) < 4.78 is 5.48. The lowest BCUT2D eigenvalue weighted by Crippen LogP contribution is -2.34. The molecule has 1 atom stereocenters. The lowest BCUT2D eigenvalue weighted by atomic mass is 9.99. The van der Waals surface area contributed by atoms with Crippen molar-refractivity contribution >= 4 is 28.7 Å². The molecule has 1 aliphatic rings. The number of hydrogen-bond donors (Lipinski definition) is 2. The fourth-order valence-corrected chi connectivity index (χ4v) is 3.59. The molecule has 1 saturated heterocycles. The highest BCUT2D eigenvalue weighted by Gasteiger charge is 2.16. The van der Waals surface area contributed by atoms with Crippen LogP contribution in [-0.2, 0) is 6.54 Å². The van der Waals surface area contributed by atoms with E-state index in [1.165, 1.54) is 24.1 Å². The predicted octanol–water partition coefficient (Wildman–Crippen LogP) is 4.97. The van der Waals surface area contributed by atoms with Crippen LogP contribution in [0.25, 0.3) is 0 Å². The highest BCUT2D eigenvalue weighted by atomic mass is 32.1. The quantitative estimate of drug-likeness (QED) is 0.511. The van der Waals surface area contributed by atoms with Gasteiger partial charge in [0.1, 0.15) is 12.4 Å². The molecule has 3 rings (SSSR count). The van der Waals surface area contributed by atoms with E-state index in [4.69, 9.17) is 17.0 Å². The van der Waals surface area contributed by atoms with Crippen molar-refractivity contribution in [1.29, 1.82) is 0 Å². The first-order valence-electron chi connectivity index (χ1n) is 9.86. The van der Waals surface area contributed by atoms with Crippen LogP contribution in [0.3, 0.4) is 0 Å². The maximum absolute atomic E-state index is 5.48. The summed E-state index contributed by atoms with van der Waals surface area (Å²) in [6.45, 7) is 9.49. The lowest BCUT2D eigenvalue weighted by Gasteiger charge is -2.32. The lowest BCUT2D eigenvalue weighted by molar-refractivity contribution is 0.363. The monoisotopic (exact) mass is 395 g/mol. The van der Waals surface area contributed by atoms with Crippen LogP contribution in [0.15, 0.2) is 61.2 Å². The van der Waals surface area contributed by atoms with Crippen LogP contribution in [0.2, 0.25) is 0 Å². The Bertz CT molecular complexity index is 773. The summed E-state index contributed by atoms with van der Waals surface area (Å²) in [5.41, 5.74) is 3.46. The van der Waals surface area contributed by atoms with E-state index in [1.807, 2.05) is 24.3 Å². The molecule has 0 spiro atoms. The van der Waals surface area contributed by atoms with Crippen LogP contribution >= 0.6 is 12.2 Å². The molecule has 0 amide bonds. The van der Waals surface area contributed by atoms with Gasteiger partial charge in [-0.1, -0.05) is 31.7 Å². The largest absolute Gasteiger partial charge is 0.490 e. The van der Waals surface area contributed by atoms with Crippen LogP contribution in [-0.4, -0.2) is 24.8 Å². The molecule has 0 unspecified atom stereocenters. The molecule has 0 aliphatic carbocycles. The third-order valence-corrected chi connectivity index (χ3v) is 5.14. The number of nitrogens with one attached hydrogen (secondary N) is 2. The van der Waals surface area contributed by atoms with E-state index in [9.17, 15) is 0 Å². The third-order valence-electron chi connectivity index (χ3n) is 4.89. The topological polar surface area (TPSA) is 36.5 Å². The van der Waals surface area contributed by atoms with Crippen molar-refractivity contribution < 1.29 is 4.74 Å². The summed E-state index contributed by atoms with van der Waals surface area (Å²) in [6, 6.07) is 16.5. The molecule has 148 valence electrons. The maximum Gasteiger partial charge on any atom is 0.171 e. The Morgan fingerprint density at radius 2 is 1.96 bits per heavy atom. The number of ether oxygens (including phenoxy) is 1. The van der Waals surface area contributed by atoms with Crippen molar-refractivity contribution in [1.82, 2.24) is 5.32 Å². The van der Waals surface area contributed by atoms with E-state index in [0.29, 0.717) is 18.3 Å². The van der Waals surface area contributed by atoms with E-state index in [2.05, 4.69) is 53.3 Å². The summed E-state index contributed by atoms with van der Waals surface area (Å²) in [5.74, 6) is 1.59. The number of nitrogens with zero attached hydrogens (tertiary/aromatic N) is 1. The van der Waals surface area contributed by atoms with Crippen molar-refractivity contribution in [2.24, 2.45) is 5.92 Å². The zero-order valence-electron chi connectivity index (χ0n) is 16.5. The summed E-state index contributed by atoms with van der Waals surface area (Å²) in [7, 11) is 0. The minimum absolute atomic E-state index is 0.502. The van der Waals surface area contributed by atoms with E-state index < -0.39 is 0 Å². The predicted molar refractivity (Wildman–Crippen MR) is 122 cm³/mol. The number of hydrogen-bond acceptors (Lipinski definition) is 3. The van der Waals surface area contributed by atoms with Crippen molar-refractivity contribution in [2.45, 2.75) is 26.3 Å². The molecule has 0 saturated carbocycles. The first kappa shape index (κ1) is 20.2. The highest BCUT2D eigenvalue weighted by Crippen LogP contribution is 2.23. The second kappa shape index (κ2) is 10.1. The Morgan fingerprint density at radius 3 is 2.64 bits per heavy atom. The number of thiocarbonyl (C=S) groups is 1.